The summed E-state index contributed by atoms with van der Waals surface area (Å²) in [5.41, 5.74) is -0.719. The van der Waals surface area contributed by atoms with Gasteiger partial charge in [0.1, 0.15) is 5.60 Å². The van der Waals surface area contributed by atoms with E-state index in [1.54, 1.807) is 20.8 Å². The molecule has 0 saturated heterocycles. The van der Waals surface area contributed by atoms with Gasteiger partial charge in [0, 0.05) is 6.54 Å². The van der Waals surface area contributed by atoms with E-state index in [0.29, 0.717) is 12.5 Å². The second-order valence-electron chi connectivity index (χ2n) is 5.96. The lowest BCUT2D eigenvalue weighted by molar-refractivity contribution is 0.0569. The summed E-state index contributed by atoms with van der Waals surface area (Å²) in [7, 11) is -3.83. The molecule has 0 spiro atoms. The highest BCUT2D eigenvalue weighted by molar-refractivity contribution is 7.88. The Morgan fingerprint density at radius 1 is 1.21 bits per heavy atom. The molecule has 2 N–H and O–H groups in total. The second kappa shape index (κ2) is 6.56. The van der Waals surface area contributed by atoms with E-state index in [9.17, 15) is 13.2 Å². The number of hydrogen-bond donors (Lipinski definition) is 2. The summed E-state index contributed by atoms with van der Waals surface area (Å²) in [5, 5.41) is 0. The number of rotatable bonds is 4. The van der Waals surface area contributed by atoms with Crippen LogP contribution in [0.25, 0.3) is 0 Å². The number of hydrogen-bond acceptors (Lipinski definition) is 4. The Balaban J connectivity index is 2.36. The fraction of sp³-hybridized carbons (Fsp3) is 0.917. The molecule has 0 aromatic carbocycles. The number of carbonyl (C=O) groups is 1. The predicted molar refractivity (Wildman–Crippen MR) is 72.9 cm³/mol. The first-order chi connectivity index (χ1) is 8.68. The standard InChI is InChI=1S/C12H24N2O4S/c1-12(2,3)18-11(15)14-19(16,17)13-9-10-7-5-4-6-8-10/h10,13H,4-9H2,1-3H3,(H,14,15). The van der Waals surface area contributed by atoms with Gasteiger partial charge >= 0.3 is 16.3 Å². The first-order valence-electron chi connectivity index (χ1n) is 6.68. The monoisotopic (exact) mass is 292 g/mol. The molecule has 0 unspecified atom stereocenters. The predicted octanol–water partition coefficient (Wildman–Crippen LogP) is 1.93. The topological polar surface area (TPSA) is 84.5 Å². The highest BCUT2D eigenvalue weighted by atomic mass is 32.2. The van der Waals surface area contributed by atoms with Crippen LogP contribution in [0.2, 0.25) is 0 Å². The quantitative estimate of drug-likeness (QED) is 0.829. The van der Waals surface area contributed by atoms with Gasteiger partial charge in [0.25, 0.3) is 0 Å². The molecular weight excluding hydrogens is 268 g/mol. The normalized spacial score (nSPS) is 18.1. The fourth-order valence-corrected chi connectivity index (χ4v) is 2.85. The summed E-state index contributed by atoms with van der Waals surface area (Å²) in [6, 6.07) is 0. The Hall–Kier alpha value is -0.820. The van der Waals surface area contributed by atoms with Crippen LogP contribution in [0.5, 0.6) is 0 Å². The third-order valence-electron chi connectivity index (χ3n) is 2.90. The highest BCUT2D eigenvalue weighted by Crippen LogP contribution is 2.22. The van der Waals surface area contributed by atoms with Crippen LogP contribution in [-0.2, 0) is 14.9 Å². The molecule has 6 nitrogen and oxygen atoms in total. The smallest absolute Gasteiger partial charge is 0.422 e. The van der Waals surface area contributed by atoms with Crippen LogP contribution >= 0.6 is 0 Å². The van der Waals surface area contributed by atoms with Crippen LogP contribution in [0.3, 0.4) is 0 Å². The van der Waals surface area contributed by atoms with Crippen LogP contribution in [-0.4, -0.2) is 26.7 Å². The molecule has 19 heavy (non-hydrogen) atoms. The molecule has 1 saturated carbocycles. The number of nitrogens with one attached hydrogen (secondary N) is 2. The van der Waals surface area contributed by atoms with Gasteiger partial charge in [0.15, 0.2) is 0 Å². The van der Waals surface area contributed by atoms with Crippen molar-refractivity contribution < 1.29 is 17.9 Å². The van der Waals surface area contributed by atoms with Crippen LogP contribution in [0.1, 0.15) is 52.9 Å². The third-order valence-corrected chi connectivity index (χ3v) is 3.89. The van der Waals surface area contributed by atoms with Crippen LogP contribution in [0.15, 0.2) is 0 Å². The first kappa shape index (κ1) is 16.2. The van der Waals surface area contributed by atoms with E-state index < -0.39 is 21.9 Å². The van der Waals surface area contributed by atoms with Gasteiger partial charge in [0.05, 0.1) is 0 Å². The highest BCUT2D eigenvalue weighted by Gasteiger charge is 2.22. The van der Waals surface area contributed by atoms with Crippen LogP contribution in [0.4, 0.5) is 4.79 Å². The Morgan fingerprint density at radius 2 is 1.79 bits per heavy atom. The maximum atomic E-state index is 11.6. The molecule has 0 aliphatic heterocycles. The second-order valence-corrected chi connectivity index (χ2v) is 7.46. The SMILES string of the molecule is CC(C)(C)OC(=O)NS(=O)(=O)NCC1CCCCC1. The lowest BCUT2D eigenvalue weighted by Crippen LogP contribution is -2.44. The number of carbonyl (C=O) groups excluding carboxylic acids is 1. The molecule has 1 aliphatic rings. The van der Waals surface area contributed by atoms with Crippen molar-refractivity contribution in [2.24, 2.45) is 5.92 Å². The van der Waals surface area contributed by atoms with Gasteiger partial charge in [-0.2, -0.15) is 13.1 Å². The largest absolute Gasteiger partial charge is 0.443 e. The van der Waals surface area contributed by atoms with Gasteiger partial charge in [-0.3, -0.25) is 0 Å². The summed E-state index contributed by atoms with van der Waals surface area (Å²) in [5.74, 6) is 0.365. The molecule has 1 rings (SSSR count). The lowest BCUT2D eigenvalue weighted by atomic mass is 9.90. The van der Waals surface area contributed by atoms with E-state index in [-0.39, 0.29) is 0 Å². The molecule has 1 aliphatic carbocycles. The zero-order chi connectivity index (χ0) is 14.5. The Bertz CT molecular complexity index is 394. The third kappa shape index (κ3) is 7.37. The maximum absolute atomic E-state index is 11.6. The molecule has 1 amide bonds. The molecule has 0 radical (unpaired) electrons. The summed E-state index contributed by atoms with van der Waals surface area (Å²) < 4.78 is 32.4. The minimum Gasteiger partial charge on any atom is -0.443 e. The summed E-state index contributed by atoms with van der Waals surface area (Å²) in [4.78, 5) is 11.4. The molecule has 0 aromatic heterocycles. The van der Waals surface area contributed by atoms with Crippen molar-refractivity contribution in [3.63, 3.8) is 0 Å². The van der Waals surface area contributed by atoms with Gasteiger partial charge in [-0.1, -0.05) is 19.3 Å². The average Bonchev–Trinajstić information content (AvgIpc) is 2.24. The Labute approximate surface area is 115 Å². The molecule has 7 heteroatoms. The zero-order valence-corrected chi connectivity index (χ0v) is 12.7. The summed E-state index contributed by atoms with van der Waals surface area (Å²) in [6.07, 6.45) is 4.63. The van der Waals surface area contributed by atoms with E-state index in [0.717, 1.165) is 25.7 Å². The minimum atomic E-state index is -3.83. The van der Waals surface area contributed by atoms with Crippen molar-refractivity contribution in [3.8, 4) is 0 Å². The van der Waals surface area contributed by atoms with Crippen molar-refractivity contribution in [3.05, 3.63) is 0 Å². The van der Waals surface area contributed by atoms with Crippen molar-refractivity contribution in [2.45, 2.75) is 58.5 Å². The van der Waals surface area contributed by atoms with Gasteiger partial charge in [-0.25, -0.2) is 9.52 Å². The molecule has 0 aromatic rings. The van der Waals surface area contributed by atoms with Gasteiger partial charge in [0.2, 0.25) is 0 Å². The van der Waals surface area contributed by atoms with Crippen molar-refractivity contribution >= 4 is 16.3 Å². The molecule has 0 heterocycles. The molecule has 0 bridgehead atoms. The van der Waals surface area contributed by atoms with E-state index in [2.05, 4.69) is 4.72 Å². The lowest BCUT2D eigenvalue weighted by Gasteiger charge is -2.22. The molecule has 0 atom stereocenters. The Kier molecular flexibility index (Phi) is 5.61. The zero-order valence-electron chi connectivity index (χ0n) is 11.9. The van der Waals surface area contributed by atoms with Gasteiger partial charge < -0.3 is 4.74 Å². The summed E-state index contributed by atoms with van der Waals surface area (Å²) >= 11 is 0. The molecule has 112 valence electrons. The van der Waals surface area contributed by atoms with E-state index in [1.807, 2.05) is 4.72 Å². The van der Waals surface area contributed by atoms with Crippen molar-refractivity contribution in [1.29, 1.82) is 0 Å². The Morgan fingerprint density at radius 3 is 2.32 bits per heavy atom. The van der Waals surface area contributed by atoms with E-state index in [4.69, 9.17) is 4.74 Å². The maximum Gasteiger partial charge on any atom is 0.422 e. The summed E-state index contributed by atoms with van der Waals surface area (Å²) in [6.45, 7) is 5.40. The van der Waals surface area contributed by atoms with Gasteiger partial charge in [-0.15, -0.1) is 0 Å². The van der Waals surface area contributed by atoms with Gasteiger partial charge in [-0.05, 0) is 39.5 Å². The molecular formula is C12H24N2O4S. The van der Waals surface area contributed by atoms with Crippen LogP contribution in [0, 0.1) is 5.92 Å². The average molecular weight is 292 g/mol. The van der Waals surface area contributed by atoms with Crippen molar-refractivity contribution in [1.82, 2.24) is 9.44 Å². The van der Waals surface area contributed by atoms with Crippen LogP contribution < -0.4 is 9.44 Å². The first-order valence-corrected chi connectivity index (χ1v) is 8.17. The number of amides is 1. The van der Waals surface area contributed by atoms with E-state index >= 15 is 0 Å². The number of ether oxygens (including phenoxy) is 1. The molecule has 1 fully saturated rings. The fourth-order valence-electron chi connectivity index (χ4n) is 2.06. The van der Waals surface area contributed by atoms with E-state index in [1.165, 1.54) is 6.42 Å². The van der Waals surface area contributed by atoms with Crippen molar-refractivity contribution in [2.75, 3.05) is 6.54 Å². The minimum absolute atomic E-state index is 0.365.